The molecule has 2 aromatic rings. The third-order valence-electron chi connectivity index (χ3n) is 4.18. The number of fused-ring (bicyclic) bond motifs is 1. The first-order valence-corrected chi connectivity index (χ1v) is 9.72. The van der Waals surface area contributed by atoms with Gasteiger partial charge in [0, 0.05) is 17.3 Å². The smallest absolute Gasteiger partial charge is 0.404 e. The Balaban J connectivity index is 1.39. The molecular formula is C17H17N2O7P. The van der Waals surface area contributed by atoms with Crippen LogP contribution in [0.25, 0.3) is 0 Å². The van der Waals surface area contributed by atoms with Crippen LogP contribution in [0.5, 0.6) is 5.75 Å². The molecule has 142 valence electrons. The van der Waals surface area contributed by atoms with Crippen LogP contribution in [0, 0.1) is 6.92 Å². The molecular weight excluding hydrogens is 375 g/mol. The molecule has 1 aromatic carbocycles. The number of benzene rings is 1. The van der Waals surface area contributed by atoms with E-state index in [9.17, 15) is 14.2 Å². The van der Waals surface area contributed by atoms with Gasteiger partial charge in [-0.05, 0) is 19.1 Å². The summed E-state index contributed by atoms with van der Waals surface area (Å²) in [5.74, 6) is 0.461. The Bertz CT molecular complexity index is 1060. The van der Waals surface area contributed by atoms with Crippen LogP contribution in [0.3, 0.4) is 0 Å². The minimum Gasteiger partial charge on any atom is -0.404 e. The second kappa shape index (κ2) is 6.94. The highest BCUT2D eigenvalue weighted by atomic mass is 31.2. The zero-order valence-electron chi connectivity index (χ0n) is 14.4. The van der Waals surface area contributed by atoms with E-state index in [1.807, 2.05) is 12.1 Å². The van der Waals surface area contributed by atoms with Gasteiger partial charge in [0.1, 0.15) is 11.9 Å². The average Bonchev–Trinajstić information content (AvgIpc) is 3.12. The van der Waals surface area contributed by atoms with Crippen molar-refractivity contribution in [2.24, 2.45) is 0 Å². The SMILES string of the molecule is Cc1cn([C@H]2C=C[C@@H](COP3(=O)OCc4ccccc4O3)O2)c(=O)[nH]c1=O. The van der Waals surface area contributed by atoms with Crippen LogP contribution < -0.4 is 15.8 Å². The lowest BCUT2D eigenvalue weighted by molar-refractivity contribution is -0.0130. The maximum Gasteiger partial charge on any atom is 0.530 e. The summed E-state index contributed by atoms with van der Waals surface area (Å²) in [5.41, 5.74) is 0.157. The van der Waals surface area contributed by atoms with Crippen molar-refractivity contribution in [3.8, 4) is 5.75 Å². The highest BCUT2D eigenvalue weighted by Crippen LogP contribution is 2.54. The summed E-state index contributed by atoms with van der Waals surface area (Å²) < 4.78 is 35.5. The molecule has 27 heavy (non-hydrogen) atoms. The zero-order chi connectivity index (χ0) is 19.0. The number of hydrogen-bond acceptors (Lipinski definition) is 7. The summed E-state index contributed by atoms with van der Waals surface area (Å²) in [6.45, 7) is 1.64. The summed E-state index contributed by atoms with van der Waals surface area (Å²) in [7, 11) is -3.74. The highest BCUT2D eigenvalue weighted by molar-refractivity contribution is 7.49. The first-order chi connectivity index (χ1) is 12.9. The van der Waals surface area contributed by atoms with Crippen molar-refractivity contribution in [3.63, 3.8) is 0 Å². The van der Waals surface area contributed by atoms with Gasteiger partial charge in [-0.1, -0.05) is 24.3 Å². The van der Waals surface area contributed by atoms with E-state index in [0.29, 0.717) is 11.3 Å². The topological polar surface area (TPSA) is 109 Å². The van der Waals surface area contributed by atoms with Crippen LogP contribution in [-0.2, 0) is 25.0 Å². The van der Waals surface area contributed by atoms with Gasteiger partial charge in [-0.25, -0.2) is 9.36 Å². The van der Waals surface area contributed by atoms with Crippen molar-refractivity contribution in [2.45, 2.75) is 25.9 Å². The number of phosphoric ester groups is 1. The molecule has 9 nitrogen and oxygen atoms in total. The Morgan fingerprint density at radius 3 is 2.96 bits per heavy atom. The fourth-order valence-electron chi connectivity index (χ4n) is 2.75. The van der Waals surface area contributed by atoms with Gasteiger partial charge in [0.05, 0.1) is 13.2 Å². The number of nitrogens with one attached hydrogen (secondary N) is 1. The number of para-hydroxylation sites is 1. The molecule has 0 aliphatic carbocycles. The second-order valence-electron chi connectivity index (χ2n) is 6.14. The van der Waals surface area contributed by atoms with Gasteiger partial charge in [0.25, 0.3) is 5.56 Å². The average molecular weight is 392 g/mol. The molecule has 4 rings (SSSR count). The number of H-pyrrole nitrogens is 1. The van der Waals surface area contributed by atoms with Crippen LogP contribution in [0.15, 0.2) is 52.2 Å². The monoisotopic (exact) mass is 392 g/mol. The Morgan fingerprint density at radius 2 is 2.11 bits per heavy atom. The van der Waals surface area contributed by atoms with Gasteiger partial charge >= 0.3 is 13.5 Å². The molecule has 0 saturated heterocycles. The van der Waals surface area contributed by atoms with Crippen LogP contribution in [0.1, 0.15) is 17.4 Å². The van der Waals surface area contributed by atoms with Crippen LogP contribution in [0.4, 0.5) is 0 Å². The van der Waals surface area contributed by atoms with Gasteiger partial charge in [0.2, 0.25) is 0 Å². The fourth-order valence-corrected chi connectivity index (χ4v) is 3.98. The van der Waals surface area contributed by atoms with Crippen LogP contribution >= 0.6 is 7.82 Å². The number of ether oxygens (including phenoxy) is 1. The van der Waals surface area contributed by atoms with E-state index in [1.54, 1.807) is 31.2 Å². The molecule has 3 heterocycles. The number of nitrogens with zero attached hydrogens (tertiary/aromatic N) is 1. The first kappa shape index (κ1) is 17.9. The Hall–Kier alpha value is -2.45. The molecule has 0 amide bonds. The van der Waals surface area contributed by atoms with Gasteiger partial charge in [-0.3, -0.25) is 23.4 Å². The van der Waals surface area contributed by atoms with E-state index in [4.69, 9.17) is 18.3 Å². The van der Waals surface area contributed by atoms with Crippen molar-refractivity contribution < 1.29 is 22.9 Å². The van der Waals surface area contributed by atoms with Crippen LogP contribution in [0.2, 0.25) is 0 Å². The zero-order valence-corrected chi connectivity index (χ0v) is 15.3. The Kier molecular flexibility index (Phi) is 4.61. The molecule has 0 bridgehead atoms. The second-order valence-corrected chi connectivity index (χ2v) is 7.74. The number of aromatic nitrogens is 2. The molecule has 0 saturated carbocycles. The number of aryl methyl sites for hydroxylation is 1. The van der Waals surface area contributed by atoms with Crippen molar-refractivity contribution >= 4 is 7.82 Å². The number of hydrogen-bond donors (Lipinski definition) is 1. The molecule has 2 aliphatic rings. The molecule has 1 aromatic heterocycles. The minimum atomic E-state index is -3.74. The van der Waals surface area contributed by atoms with E-state index in [0.717, 1.165) is 5.56 Å². The van der Waals surface area contributed by atoms with E-state index in [1.165, 1.54) is 10.8 Å². The summed E-state index contributed by atoms with van der Waals surface area (Å²) in [5, 5.41) is 0. The standard InChI is InChI=1S/C17H17N2O7P/c1-11-8-19(17(21)18-16(11)20)15-7-6-13(25-15)10-24-27(22)23-9-12-4-2-3-5-14(12)26-27/h2-8,13,15H,9-10H2,1H3,(H,18,20,21)/t13-,15+,27?/m0/s1. The van der Waals surface area contributed by atoms with E-state index in [-0.39, 0.29) is 13.2 Å². The fraction of sp³-hybridized carbons (Fsp3) is 0.294. The van der Waals surface area contributed by atoms with Gasteiger partial charge in [0.15, 0.2) is 6.23 Å². The van der Waals surface area contributed by atoms with Crippen molar-refractivity contribution in [3.05, 3.63) is 74.6 Å². The van der Waals surface area contributed by atoms with Gasteiger partial charge in [-0.15, -0.1) is 0 Å². The summed E-state index contributed by atoms with van der Waals surface area (Å²) >= 11 is 0. The largest absolute Gasteiger partial charge is 0.530 e. The molecule has 1 unspecified atom stereocenters. The van der Waals surface area contributed by atoms with E-state index >= 15 is 0 Å². The van der Waals surface area contributed by atoms with Crippen LogP contribution in [-0.4, -0.2) is 22.3 Å². The van der Waals surface area contributed by atoms with E-state index < -0.39 is 31.4 Å². The lowest BCUT2D eigenvalue weighted by atomic mass is 10.2. The molecule has 3 atom stereocenters. The molecule has 10 heteroatoms. The van der Waals surface area contributed by atoms with Gasteiger partial charge in [-0.2, -0.15) is 0 Å². The lowest BCUT2D eigenvalue weighted by Crippen LogP contribution is -2.33. The number of phosphoric acid groups is 1. The predicted octanol–water partition coefficient (Wildman–Crippen LogP) is 2.03. The third-order valence-corrected chi connectivity index (χ3v) is 5.51. The molecule has 1 N–H and O–H groups in total. The number of aromatic amines is 1. The maximum absolute atomic E-state index is 12.6. The van der Waals surface area contributed by atoms with Crippen molar-refractivity contribution in [1.82, 2.24) is 9.55 Å². The predicted molar refractivity (Wildman–Crippen MR) is 94.5 cm³/mol. The normalized spacial score (nSPS) is 26.6. The van der Waals surface area contributed by atoms with Crippen molar-refractivity contribution in [1.29, 1.82) is 0 Å². The molecule has 0 spiro atoms. The first-order valence-electron chi connectivity index (χ1n) is 8.26. The maximum atomic E-state index is 12.6. The molecule has 0 radical (unpaired) electrons. The molecule has 0 fully saturated rings. The van der Waals surface area contributed by atoms with Gasteiger partial charge < -0.3 is 9.26 Å². The number of rotatable bonds is 4. The summed E-state index contributed by atoms with van der Waals surface area (Å²) in [4.78, 5) is 25.6. The van der Waals surface area contributed by atoms with E-state index in [2.05, 4.69) is 4.98 Å². The van der Waals surface area contributed by atoms with Crippen molar-refractivity contribution in [2.75, 3.05) is 6.61 Å². The molecule has 2 aliphatic heterocycles. The summed E-state index contributed by atoms with van der Waals surface area (Å²) in [6.07, 6.45) is 3.51. The Morgan fingerprint density at radius 1 is 1.30 bits per heavy atom. The Labute approximate surface area is 153 Å². The minimum absolute atomic E-state index is 0.0798. The lowest BCUT2D eigenvalue weighted by Gasteiger charge is -2.25. The summed E-state index contributed by atoms with van der Waals surface area (Å²) in [6, 6.07) is 7.11. The third kappa shape index (κ3) is 3.68. The highest BCUT2D eigenvalue weighted by Gasteiger charge is 2.35. The quantitative estimate of drug-likeness (QED) is 0.626.